The first kappa shape index (κ1) is 10.7. The van der Waals surface area contributed by atoms with Crippen molar-refractivity contribution in [3.8, 4) is 0 Å². The average molecular weight is 184 g/mol. The van der Waals surface area contributed by atoms with E-state index in [9.17, 15) is 4.79 Å². The average Bonchev–Trinajstić information content (AvgIpc) is 2.93. The zero-order valence-electron chi connectivity index (χ0n) is 8.50. The Hall–Kier alpha value is -0.370. The standard InChI is InChI=1S/C11H20O2/c1-2-3-4-9-13-11(7-8-12)10-5-6-10/h8,10-11H,2-7,9H2,1H3. The summed E-state index contributed by atoms with van der Waals surface area (Å²) in [6, 6.07) is 0. The molecular weight excluding hydrogens is 164 g/mol. The molecule has 1 aliphatic rings. The molecule has 1 fully saturated rings. The molecule has 1 saturated carbocycles. The topological polar surface area (TPSA) is 26.3 Å². The zero-order chi connectivity index (χ0) is 9.52. The van der Waals surface area contributed by atoms with Crippen LogP contribution in [0.15, 0.2) is 0 Å². The molecule has 0 aromatic heterocycles. The highest BCUT2D eigenvalue weighted by Crippen LogP contribution is 2.35. The summed E-state index contributed by atoms with van der Waals surface area (Å²) in [4.78, 5) is 10.4. The van der Waals surface area contributed by atoms with Crippen LogP contribution in [0.2, 0.25) is 0 Å². The molecule has 1 unspecified atom stereocenters. The van der Waals surface area contributed by atoms with Crippen molar-refractivity contribution in [2.45, 2.75) is 51.6 Å². The molecule has 2 heteroatoms. The first-order valence-corrected chi connectivity index (χ1v) is 5.43. The summed E-state index contributed by atoms with van der Waals surface area (Å²) in [7, 11) is 0. The van der Waals surface area contributed by atoms with Crippen LogP contribution in [0.25, 0.3) is 0 Å². The van der Waals surface area contributed by atoms with E-state index in [4.69, 9.17) is 4.74 Å². The molecule has 2 nitrogen and oxygen atoms in total. The first-order valence-electron chi connectivity index (χ1n) is 5.43. The lowest BCUT2D eigenvalue weighted by molar-refractivity contribution is -0.110. The smallest absolute Gasteiger partial charge is 0.122 e. The van der Waals surface area contributed by atoms with E-state index < -0.39 is 0 Å². The van der Waals surface area contributed by atoms with Crippen molar-refractivity contribution in [3.05, 3.63) is 0 Å². The molecule has 0 amide bonds. The molecule has 0 aliphatic heterocycles. The maximum atomic E-state index is 10.4. The Bertz CT molecular complexity index is 141. The number of rotatable bonds is 8. The van der Waals surface area contributed by atoms with E-state index in [1.54, 1.807) is 0 Å². The molecule has 0 radical (unpaired) electrons. The third-order valence-electron chi connectivity index (χ3n) is 2.56. The SMILES string of the molecule is CCCCCOC(CC=O)C1CC1. The highest BCUT2D eigenvalue weighted by molar-refractivity contribution is 5.50. The number of unbranched alkanes of at least 4 members (excludes halogenated alkanes) is 2. The summed E-state index contributed by atoms with van der Waals surface area (Å²) in [6.07, 6.45) is 7.93. The van der Waals surface area contributed by atoms with Gasteiger partial charge in [0.05, 0.1) is 6.10 Å². The number of ether oxygens (including phenoxy) is 1. The minimum absolute atomic E-state index is 0.231. The third kappa shape index (κ3) is 4.41. The fraction of sp³-hybridized carbons (Fsp3) is 0.909. The van der Waals surface area contributed by atoms with Gasteiger partial charge in [0.15, 0.2) is 0 Å². The van der Waals surface area contributed by atoms with Gasteiger partial charge in [0.1, 0.15) is 6.29 Å². The third-order valence-corrected chi connectivity index (χ3v) is 2.56. The van der Waals surface area contributed by atoms with E-state index in [1.165, 1.54) is 25.7 Å². The predicted molar refractivity (Wildman–Crippen MR) is 52.7 cm³/mol. The minimum Gasteiger partial charge on any atom is -0.377 e. The zero-order valence-corrected chi connectivity index (χ0v) is 8.50. The minimum atomic E-state index is 0.231. The maximum absolute atomic E-state index is 10.4. The second-order valence-electron chi connectivity index (χ2n) is 3.86. The van der Waals surface area contributed by atoms with Crippen LogP contribution < -0.4 is 0 Å². The summed E-state index contributed by atoms with van der Waals surface area (Å²) >= 11 is 0. The van der Waals surface area contributed by atoms with Crippen LogP contribution in [-0.2, 0) is 9.53 Å². The van der Waals surface area contributed by atoms with Crippen LogP contribution in [0.4, 0.5) is 0 Å². The van der Waals surface area contributed by atoms with E-state index in [0.717, 1.165) is 19.3 Å². The molecule has 0 N–H and O–H groups in total. The quantitative estimate of drug-likeness (QED) is 0.428. The molecule has 13 heavy (non-hydrogen) atoms. The summed E-state index contributed by atoms with van der Waals surface area (Å²) < 4.78 is 5.68. The van der Waals surface area contributed by atoms with Crippen molar-refractivity contribution in [3.63, 3.8) is 0 Å². The van der Waals surface area contributed by atoms with Gasteiger partial charge in [-0.15, -0.1) is 0 Å². The summed E-state index contributed by atoms with van der Waals surface area (Å²) in [6.45, 7) is 3.02. The largest absolute Gasteiger partial charge is 0.377 e. The number of aldehydes is 1. The summed E-state index contributed by atoms with van der Waals surface area (Å²) in [5.74, 6) is 0.687. The van der Waals surface area contributed by atoms with Crippen LogP contribution >= 0.6 is 0 Å². The van der Waals surface area contributed by atoms with E-state index in [1.807, 2.05) is 0 Å². The molecule has 1 rings (SSSR count). The molecule has 0 saturated heterocycles. The lowest BCUT2D eigenvalue weighted by atomic mass is 10.2. The van der Waals surface area contributed by atoms with Crippen LogP contribution in [0.1, 0.15) is 45.4 Å². The van der Waals surface area contributed by atoms with E-state index in [0.29, 0.717) is 12.3 Å². The Morgan fingerprint density at radius 1 is 1.46 bits per heavy atom. The molecule has 0 aromatic carbocycles. The van der Waals surface area contributed by atoms with Crippen molar-refractivity contribution < 1.29 is 9.53 Å². The van der Waals surface area contributed by atoms with Gasteiger partial charge in [-0.05, 0) is 25.2 Å². The normalized spacial score (nSPS) is 18.5. The van der Waals surface area contributed by atoms with E-state index >= 15 is 0 Å². The molecule has 1 atom stereocenters. The number of hydrogen-bond donors (Lipinski definition) is 0. The van der Waals surface area contributed by atoms with Crippen molar-refractivity contribution in [1.29, 1.82) is 0 Å². The second-order valence-corrected chi connectivity index (χ2v) is 3.86. The lowest BCUT2D eigenvalue weighted by Crippen LogP contribution is -2.16. The highest BCUT2D eigenvalue weighted by Gasteiger charge is 2.31. The fourth-order valence-electron chi connectivity index (χ4n) is 1.55. The molecule has 1 aliphatic carbocycles. The lowest BCUT2D eigenvalue weighted by Gasteiger charge is -2.14. The summed E-state index contributed by atoms with van der Waals surface area (Å²) in [5.41, 5.74) is 0. The van der Waals surface area contributed by atoms with Gasteiger partial charge >= 0.3 is 0 Å². The molecule has 0 aromatic rings. The van der Waals surface area contributed by atoms with Crippen LogP contribution in [-0.4, -0.2) is 19.0 Å². The number of hydrogen-bond acceptors (Lipinski definition) is 2. The highest BCUT2D eigenvalue weighted by atomic mass is 16.5. The molecular formula is C11H20O2. The van der Waals surface area contributed by atoms with Gasteiger partial charge in [-0.1, -0.05) is 19.8 Å². The van der Waals surface area contributed by atoms with Gasteiger partial charge in [0.2, 0.25) is 0 Å². The van der Waals surface area contributed by atoms with Gasteiger partial charge in [-0.3, -0.25) is 0 Å². The van der Waals surface area contributed by atoms with Gasteiger partial charge < -0.3 is 9.53 Å². The maximum Gasteiger partial charge on any atom is 0.122 e. The Labute approximate surface area is 80.7 Å². The molecule has 76 valence electrons. The van der Waals surface area contributed by atoms with Gasteiger partial charge in [-0.25, -0.2) is 0 Å². The van der Waals surface area contributed by atoms with Crippen molar-refractivity contribution in [1.82, 2.24) is 0 Å². The van der Waals surface area contributed by atoms with Gasteiger partial charge in [0, 0.05) is 13.0 Å². The Balaban J connectivity index is 2.03. The monoisotopic (exact) mass is 184 g/mol. The first-order chi connectivity index (χ1) is 6.38. The number of carbonyl (C=O) groups is 1. The Kier molecular flexibility index (Phi) is 5.06. The van der Waals surface area contributed by atoms with Crippen LogP contribution in [0.3, 0.4) is 0 Å². The van der Waals surface area contributed by atoms with Gasteiger partial charge in [0.25, 0.3) is 0 Å². The predicted octanol–water partition coefficient (Wildman–Crippen LogP) is 2.56. The van der Waals surface area contributed by atoms with Gasteiger partial charge in [-0.2, -0.15) is 0 Å². The van der Waals surface area contributed by atoms with Crippen molar-refractivity contribution in [2.75, 3.05) is 6.61 Å². The molecule has 0 bridgehead atoms. The second kappa shape index (κ2) is 6.14. The van der Waals surface area contributed by atoms with E-state index in [-0.39, 0.29) is 6.10 Å². The molecule has 0 heterocycles. The van der Waals surface area contributed by atoms with Crippen LogP contribution in [0, 0.1) is 5.92 Å². The van der Waals surface area contributed by atoms with Crippen molar-refractivity contribution >= 4 is 6.29 Å². The Morgan fingerprint density at radius 2 is 2.23 bits per heavy atom. The van der Waals surface area contributed by atoms with Crippen LogP contribution in [0.5, 0.6) is 0 Å². The number of carbonyl (C=O) groups excluding carboxylic acids is 1. The fourth-order valence-corrected chi connectivity index (χ4v) is 1.55. The Morgan fingerprint density at radius 3 is 2.77 bits per heavy atom. The molecule has 0 spiro atoms. The van der Waals surface area contributed by atoms with Crippen molar-refractivity contribution in [2.24, 2.45) is 5.92 Å². The van der Waals surface area contributed by atoms with E-state index in [2.05, 4.69) is 6.92 Å². The summed E-state index contributed by atoms with van der Waals surface area (Å²) in [5, 5.41) is 0.